The van der Waals surface area contributed by atoms with Crippen LogP contribution in [0.3, 0.4) is 0 Å². The Hall–Kier alpha value is -3.34. The minimum Gasteiger partial charge on any atom is -0.497 e. The van der Waals surface area contributed by atoms with Crippen molar-refractivity contribution in [1.29, 1.82) is 0 Å². The zero-order valence-corrected chi connectivity index (χ0v) is 16.7. The van der Waals surface area contributed by atoms with E-state index >= 15 is 0 Å². The van der Waals surface area contributed by atoms with E-state index in [0.717, 1.165) is 44.5 Å². The number of methoxy groups -OCH3 is 4. The second kappa shape index (κ2) is 7.00. The zero-order chi connectivity index (χ0) is 19.8. The number of aromatic nitrogens is 1. The van der Waals surface area contributed by atoms with Crippen LogP contribution in [0.15, 0.2) is 48.8 Å². The van der Waals surface area contributed by atoms with Crippen LogP contribution in [0.2, 0.25) is 0 Å². The molecule has 0 fully saturated rings. The molecular formula is C23H23NO4. The molecule has 5 nitrogen and oxygen atoms in total. The van der Waals surface area contributed by atoms with Gasteiger partial charge in [-0.25, -0.2) is 0 Å². The highest BCUT2D eigenvalue weighted by molar-refractivity contribution is 6.06. The van der Waals surface area contributed by atoms with Crippen molar-refractivity contribution in [1.82, 2.24) is 4.40 Å². The fourth-order valence-corrected chi connectivity index (χ4v) is 3.79. The highest BCUT2D eigenvalue weighted by atomic mass is 16.5. The average molecular weight is 377 g/mol. The van der Waals surface area contributed by atoms with Crippen molar-refractivity contribution in [3.8, 4) is 34.1 Å². The SMILES string of the molecule is COc1ccc(-c2c(C)cn3ccc4cc(OC)c(OC)cc4c23)c(OC)c1. The van der Waals surface area contributed by atoms with Gasteiger partial charge in [-0.15, -0.1) is 0 Å². The Morgan fingerprint density at radius 2 is 1.46 bits per heavy atom. The number of benzene rings is 2. The quantitative estimate of drug-likeness (QED) is 0.485. The number of hydrogen-bond donors (Lipinski definition) is 0. The van der Waals surface area contributed by atoms with Crippen molar-refractivity contribution < 1.29 is 18.9 Å². The first-order valence-corrected chi connectivity index (χ1v) is 8.99. The largest absolute Gasteiger partial charge is 0.497 e. The molecule has 2 heterocycles. The molecule has 0 aliphatic heterocycles. The number of pyridine rings is 1. The van der Waals surface area contributed by atoms with Gasteiger partial charge in [0.2, 0.25) is 0 Å². The van der Waals surface area contributed by atoms with E-state index in [1.807, 2.05) is 30.3 Å². The summed E-state index contributed by atoms with van der Waals surface area (Å²) in [5.74, 6) is 2.95. The monoisotopic (exact) mass is 377 g/mol. The van der Waals surface area contributed by atoms with Crippen LogP contribution in [-0.2, 0) is 0 Å². The van der Waals surface area contributed by atoms with E-state index in [0.29, 0.717) is 11.5 Å². The van der Waals surface area contributed by atoms with Gasteiger partial charge in [0.1, 0.15) is 11.5 Å². The lowest BCUT2D eigenvalue weighted by atomic mass is 9.99. The van der Waals surface area contributed by atoms with Crippen LogP contribution in [0.5, 0.6) is 23.0 Å². The summed E-state index contributed by atoms with van der Waals surface area (Å²) < 4.78 is 24.2. The lowest BCUT2D eigenvalue weighted by Gasteiger charge is -2.14. The lowest BCUT2D eigenvalue weighted by Crippen LogP contribution is -1.93. The second-order valence-electron chi connectivity index (χ2n) is 6.62. The Balaban J connectivity index is 2.09. The Morgan fingerprint density at radius 1 is 0.750 bits per heavy atom. The lowest BCUT2D eigenvalue weighted by molar-refractivity contribution is 0.356. The summed E-state index contributed by atoms with van der Waals surface area (Å²) in [5, 5.41) is 2.16. The van der Waals surface area contributed by atoms with Crippen molar-refractivity contribution in [3.05, 3.63) is 54.4 Å². The van der Waals surface area contributed by atoms with Crippen LogP contribution in [0, 0.1) is 6.92 Å². The summed E-state index contributed by atoms with van der Waals surface area (Å²) in [6.45, 7) is 2.11. The van der Waals surface area contributed by atoms with Gasteiger partial charge in [0.25, 0.3) is 0 Å². The molecule has 4 rings (SSSR count). The molecular weight excluding hydrogens is 354 g/mol. The number of rotatable bonds is 5. The molecule has 0 radical (unpaired) electrons. The van der Waals surface area contributed by atoms with Crippen LogP contribution < -0.4 is 18.9 Å². The van der Waals surface area contributed by atoms with Gasteiger partial charge in [0, 0.05) is 35.0 Å². The van der Waals surface area contributed by atoms with Crippen LogP contribution in [-0.4, -0.2) is 32.8 Å². The van der Waals surface area contributed by atoms with Crippen LogP contribution in [0.25, 0.3) is 27.4 Å². The summed E-state index contributed by atoms with van der Waals surface area (Å²) >= 11 is 0. The van der Waals surface area contributed by atoms with Crippen LogP contribution >= 0.6 is 0 Å². The van der Waals surface area contributed by atoms with Gasteiger partial charge >= 0.3 is 0 Å². The first kappa shape index (κ1) is 18.0. The third-order valence-electron chi connectivity index (χ3n) is 5.13. The fourth-order valence-electron chi connectivity index (χ4n) is 3.79. The molecule has 2 aromatic heterocycles. The van der Waals surface area contributed by atoms with E-state index in [4.69, 9.17) is 18.9 Å². The topological polar surface area (TPSA) is 41.3 Å². The molecule has 0 aliphatic carbocycles. The molecule has 144 valence electrons. The van der Waals surface area contributed by atoms with Crippen molar-refractivity contribution in [2.45, 2.75) is 6.92 Å². The number of aryl methyl sites for hydroxylation is 1. The van der Waals surface area contributed by atoms with Crippen LogP contribution in [0.1, 0.15) is 5.56 Å². The first-order chi connectivity index (χ1) is 13.6. The van der Waals surface area contributed by atoms with E-state index in [1.54, 1.807) is 28.4 Å². The first-order valence-electron chi connectivity index (χ1n) is 8.99. The molecule has 0 spiro atoms. The number of fused-ring (bicyclic) bond motifs is 3. The van der Waals surface area contributed by atoms with E-state index in [9.17, 15) is 0 Å². The maximum absolute atomic E-state index is 5.68. The van der Waals surface area contributed by atoms with Crippen molar-refractivity contribution in [3.63, 3.8) is 0 Å². The summed E-state index contributed by atoms with van der Waals surface area (Å²) in [7, 11) is 6.64. The summed E-state index contributed by atoms with van der Waals surface area (Å²) in [5.41, 5.74) is 4.40. The van der Waals surface area contributed by atoms with Gasteiger partial charge in [-0.3, -0.25) is 0 Å². The van der Waals surface area contributed by atoms with Crippen LogP contribution in [0.4, 0.5) is 0 Å². The Labute approximate surface area is 164 Å². The number of ether oxygens (including phenoxy) is 4. The van der Waals surface area contributed by atoms with E-state index in [1.165, 1.54) is 0 Å². The number of hydrogen-bond acceptors (Lipinski definition) is 4. The molecule has 2 aromatic carbocycles. The minimum absolute atomic E-state index is 0.703. The molecule has 0 N–H and O–H groups in total. The van der Waals surface area contributed by atoms with E-state index < -0.39 is 0 Å². The maximum Gasteiger partial charge on any atom is 0.161 e. The normalized spacial score (nSPS) is 11.0. The molecule has 28 heavy (non-hydrogen) atoms. The standard InChI is InChI=1S/C23H23NO4/c1-14-13-24-9-8-15-10-20(27-4)21(28-5)12-18(15)23(24)22(14)17-7-6-16(25-2)11-19(17)26-3/h6-13H,1-5H3. The molecule has 0 bridgehead atoms. The molecule has 4 aromatic rings. The van der Waals surface area contributed by atoms with Crippen molar-refractivity contribution in [2.75, 3.05) is 28.4 Å². The molecule has 0 atom stereocenters. The van der Waals surface area contributed by atoms with E-state index in [2.05, 4.69) is 29.8 Å². The Kier molecular flexibility index (Phi) is 4.51. The van der Waals surface area contributed by atoms with E-state index in [-0.39, 0.29) is 0 Å². The Morgan fingerprint density at radius 3 is 2.14 bits per heavy atom. The highest BCUT2D eigenvalue weighted by Crippen LogP contribution is 2.42. The van der Waals surface area contributed by atoms with Gasteiger partial charge in [-0.1, -0.05) is 0 Å². The number of nitrogens with zero attached hydrogens (tertiary/aromatic N) is 1. The predicted octanol–water partition coefficient (Wildman–Crippen LogP) is 5.10. The maximum atomic E-state index is 5.68. The van der Waals surface area contributed by atoms with Gasteiger partial charge in [-0.2, -0.15) is 0 Å². The Bertz CT molecular complexity index is 1180. The molecule has 0 saturated carbocycles. The second-order valence-corrected chi connectivity index (χ2v) is 6.62. The minimum atomic E-state index is 0.703. The van der Waals surface area contributed by atoms with Gasteiger partial charge in [-0.05, 0) is 48.2 Å². The predicted molar refractivity (Wildman–Crippen MR) is 111 cm³/mol. The molecule has 0 unspecified atom stereocenters. The van der Waals surface area contributed by atoms with Gasteiger partial charge < -0.3 is 23.3 Å². The summed E-state index contributed by atoms with van der Waals surface area (Å²) in [6, 6.07) is 12.0. The fraction of sp³-hybridized carbons (Fsp3) is 0.217. The summed E-state index contributed by atoms with van der Waals surface area (Å²) in [6.07, 6.45) is 4.20. The highest BCUT2D eigenvalue weighted by Gasteiger charge is 2.18. The molecule has 5 heteroatoms. The third-order valence-corrected chi connectivity index (χ3v) is 5.13. The van der Waals surface area contributed by atoms with Crippen molar-refractivity contribution >= 4 is 16.3 Å². The zero-order valence-electron chi connectivity index (χ0n) is 16.7. The average Bonchev–Trinajstić information content (AvgIpc) is 3.08. The molecule has 0 saturated heterocycles. The smallest absolute Gasteiger partial charge is 0.161 e. The molecule has 0 aliphatic rings. The van der Waals surface area contributed by atoms with Gasteiger partial charge in [0.05, 0.1) is 34.0 Å². The summed E-state index contributed by atoms with van der Waals surface area (Å²) in [4.78, 5) is 0. The van der Waals surface area contributed by atoms with Crippen molar-refractivity contribution in [2.24, 2.45) is 0 Å². The molecule has 0 amide bonds. The third kappa shape index (κ3) is 2.71. The van der Waals surface area contributed by atoms with Gasteiger partial charge in [0.15, 0.2) is 11.5 Å².